The molecule has 1 amide bonds. The van der Waals surface area contributed by atoms with Crippen LogP contribution in [-0.4, -0.2) is 35.3 Å². The molecule has 128 valence electrons. The molecule has 0 spiro atoms. The van der Waals surface area contributed by atoms with Crippen molar-refractivity contribution in [3.8, 4) is 0 Å². The van der Waals surface area contributed by atoms with Crippen LogP contribution in [0.25, 0.3) is 6.08 Å². The van der Waals surface area contributed by atoms with Gasteiger partial charge in [-0.1, -0.05) is 67.0 Å². The van der Waals surface area contributed by atoms with E-state index in [1.807, 2.05) is 48.2 Å². The van der Waals surface area contributed by atoms with Crippen molar-refractivity contribution in [1.82, 2.24) is 4.90 Å². The lowest BCUT2D eigenvalue weighted by atomic mass is 9.94. The van der Waals surface area contributed by atoms with Crippen molar-refractivity contribution >= 4 is 57.6 Å². The first-order chi connectivity index (χ1) is 11.5. The Labute approximate surface area is 158 Å². The maximum atomic E-state index is 12.8. The van der Waals surface area contributed by atoms with Crippen LogP contribution in [0.1, 0.15) is 37.7 Å². The van der Waals surface area contributed by atoms with Crippen LogP contribution in [0.3, 0.4) is 0 Å². The van der Waals surface area contributed by atoms with Crippen molar-refractivity contribution in [1.29, 1.82) is 0 Å². The molecule has 1 aliphatic heterocycles. The fraction of sp³-hybridized carbons (Fsp3) is 0.444. The second-order valence-corrected chi connectivity index (χ2v) is 8.47. The molecule has 2 aliphatic rings. The number of thioether (sulfide) groups is 1. The smallest absolute Gasteiger partial charge is 0.266 e. The van der Waals surface area contributed by atoms with Gasteiger partial charge in [0.2, 0.25) is 0 Å². The van der Waals surface area contributed by atoms with E-state index in [4.69, 9.17) is 23.8 Å². The molecule has 0 radical (unpaired) electrons. The molecule has 6 heteroatoms. The highest BCUT2D eigenvalue weighted by molar-refractivity contribution is 8.26. The van der Waals surface area contributed by atoms with Crippen molar-refractivity contribution in [3.63, 3.8) is 0 Å². The van der Waals surface area contributed by atoms with Crippen LogP contribution in [0.2, 0.25) is 5.02 Å². The molecule has 3 nitrogen and oxygen atoms in total. The SMILES string of the molecule is CN(C)c1cccc(/C=C2\SC(=S)N(C3CCCCC3)C2=O)c1Cl. The minimum absolute atomic E-state index is 0.0308. The number of halogens is 1. The summed E-state index contributed by atoms with van der Waals surface area (Å²) in [4.78, 5) is 17.3. The number of anilines is 1. The Morgan fingerprint density at radius 3 is 2.67 bits per heavy atom. The van der Waals surface area contributed by atoms with Crippen LogP contribution >= 0.6 is 35.6 Å². The van der Waals surface area contributed by atoms with E-state index >= 15 is 0 Å². The van der Waals surface area contributed by atoms with Crippen LogP contribution in [-0.2, 0) is 4.79 Å². The van der Waals surface area contributed by atoms with Gasteiger partial charge >= 0.3 is 0 Å². The normalized spacial score (nSPS) is 21.0. The largest absolute Gasteiger partial charge is 0.376 e. The van der Waals surface area contributed by atoms with Gasteiger partial charge in [0.25, 0.3) is 5.91 Å². The molecule has 24 heavy (non-hydrogen) atoms. The summed E-state index contributed by atoms with van der Waals surface area (Å²) >= 11 is 13.4. The van der Waals surface area contributed by atoms with Crippen LogP contribution in [0.15, 0.2) is 23.1 Å². The van der Waals surface area contributed by atoms with Gasteiger partial charge in [-0.05, 0) is 30.5 Å². The molecule has 0 unspecified atom stereocenters. The summed E-state index contributed by atoms with van der Waals surface area (Å²) < 4.78 is 0.679. The zero-order chi connectivity index (χ0) is 17.3. The van der Waals surface area contributed by atoms with Gasteiger partial charge in [0, 0.05) is 20.1 Å². The van der Waals surface area contributed by atoms with Crippen molar-refractivity contribution in [2.45, 2.75) is 38.1 Å². The van der Waals surface area contributed by atoms with E-state index in [-0.39, 0.29) is 11.9 Å². The molecular weight excluding hydrogens is 360 g/mol. The van der Waals surface area contributed by atoms with Gasteiger partial charge in [0.05, 0.1) is 15.6 Å². The molecule has 1 aromatic carbocycles. The van der Waals surface area contributed by atoms with E-state index in [0.717, 1.165) is 24.1 Å². The van der Waals surface area contributed by atoms with Crippen LogP contribution in [0, 0.1) is 0 Å². The molecule has 0 atom stereocenters. The Morgan fingerprint density at radius 1 is 1.29 bits per heavy atom. The van der Waals surface area contributed by atoms with Crippen molar-refractivity contribution in [2.75, 3.05) is 19.0 Å². The third-order valence-electron chi connectivity index (χ3n) is 4.54. The predicted octanol–water partition coefficient (Wildman–Crippen LogP) is 4.94. The first-order valence-corrected chi connectivity index (χ1v) is 9.82. The second-order valence-electron chi connectivity index (χ2n) is 6.42. The van der Waals surface area contributed by atoms with E-state index in [1.54, 1.807) is 0 Å². The average Bonchev–Trinajstić information content (AvgIpc) is 2.84. The lowest BCUT2D eigenvalue weighted by molar-refractivity contribution is -0.124. The van der Waals surface area contributed by atoms with E-state index in [1.165, 1.54) is 31.0 Å². The predicted molar refractivity (Wildman–Crippen MR) is 108 cm³/mol. The fourth-order valence-electron chi connectivity index (χ4n) is 3.27. The molecular formula is C18H21ClN2OS2. The zero-order valence-electron chi connectivity index (χ0n) is 13.9. The lowest BCUT2D eigenvalue weighted by Crippen LogP contribution is -2.39. The first-order valence-electron chi connectivity index (χ1n) is 8.22. The molecule has 1 saturated heterocycles. The minimum atomic E-state index is 0.0308. The highest BCUT2D eigenvalue weighted by Crippen LogP contribution is 2.38. The summed E-state index contributed by atoms with van der Waals surface area (Å²) in [6.07, 6.45) is 7.59. The Kier molecular flexibility index (Phi) is 5.52. The Hall–Kier alpha value is -1.04. The van der Waals surface area contributed by atoms with E-state index in [9.17, 15) is 4.79 Å². The molecule has 2 fully saturated rings. The Balaban J connectivity index is 1.88. The maximum absolute atomic E-state index is 12.8. The minimum Gasteiger partial charge on any atom is -0.376 e. The fourth-order valence-corrected chi connectivity index (χ4v) is 5.01. The van der Waals surface area contributed by atoms with Crippen molar-refractivity contribution in [3.05, 3.63) is 33.7 Å². The topological polar surface area (TPSA) is 23.6 Å². The number of carbonyl (C=O) groups excluding carboxylic acids is 1. The standard InChI is InChI=1S/C18H21ClN2OS2/c1-20(2)14-10-6-7-12(16(14)19)11-15-17(22)21(18(23)24-15)13-8-4-3-5-9-13/h6-7,10-11,13H,3-5,8-9H2,1-2H3/b15-11-. The molecule has 3 rings (SSSR count). The molecule has 1 aromatic rings. The molecule has 0 bridgehead atoms. The second kappa shape index (κ2) is 7.46. The quantitative estimate of drug-likeness (QED) is 0.547. The van der Waals surface area contributed by atoms with Gasteiger partial charge < -0.3 is 4.90 Å². The number of hydrogen-bond acceptors (Lipinski definition) is 4. The van der Waals surface area contributed by atoms with Crippen LogP contribution < -0.4 is 4.90 Å². The number of thiocarbonyl (C=S) groups is 1. The van der Waals surface area contributed by atoms with Gasteiger partial charge in [-0.2, -0.15) is 0 Å². The van der Waals surface area contributed by atoms with Gasteiger partial charge in [-0.15, -0.1) is 0 Å². The van der Waals surface area contributed by atoms with E-state index < -0.39 is 0 Å². The lowest BCUT2D eigenvalue weighted by Gasteiger charge is -2.29. The highest BCUT2D eigenvalue weighted by atomic mass is 35.5. The third-order valence-corrected chi connectivity index (χ3v) is 6.28. The molecule has 0 aromatic heterocycles. The zero-order valence-corrected chi connectivity index (χ0v) is 16.3. The number of rotatable bonds is 3. The number of nitrogens with zero attached hydrogens (tertiary/aromatic N) is 2. The summed E-state index contributed by atoms with van der Waals surface area (Å²) in [6, 6.07) is 6.12. The monoisotopic (exact) mass is 380 g/mol. The highest BCUT2D eigenvalue weighted by Gasteiger charge is 2.37. The maximum Gasteiger partial charge on any atom is 0.266 e. The molecule has 0 N–H and O–H groups in total. The average molecular weight is 381 g/mol. The summed E-state index contributed by atoms with van der Waals surface area (Å²) in [7, 11) is 3.90. The number of hydrogen-bond donors (Lipinski definition) is 0. The number of amides is 1. The molecule has 1 heterocycles. The molecule has 1 aliphatic carbocycles. The summed E-state index contributed by atoms with van der Waals surface area (Å²) in [6.45, 7) is 0. The third kappa shape index (κ3) is 3.48. The first kappa shape index (κ1) is 17.8. The number of benzene rings is 1. The van der Waals surface area contributed by atoms with Gasteiger partial charge in [-0.25, -0.2) is 0 Å². The van der Waals surface area contributed by atoms with E-state index in [0.29, 0.717) is 14.2 Å². The molecule has 1 saturated carbocycles. The number of carbonyl (C=O) groups is 1. The summed E-state index contributed by atoms with van der Waals surface area (Å²) in [5.41, 5.74) is 1.79. The van der Waals surface area contributed by atoms with Crippen LogP contribution in [0.4, 0.5) is 5.69 Å². The van der Waals surface area contributed by atoms with Crippen molar-refractivity contribution in [2.24, 2.45) is 0 Å². The van der Waals surface area contributed by atoms with Crippen molar-refractivity contribution < 1.29 is 4.79 Å². The Bertz CT molecular complexity index is 696. The van der Waals surface area contributed by atoms with Crippen LogP contribution in [0.5, 0.6) is 0 Å². The van der Waals surface area contributed by atoms with Gasteiger partial charge in [-0.3, -0.25) is 9.69 Å². The Morgan fingerprint density at radius 2 is 2.00 bits per heavy atom. The summed E-state index contributed by atoms with van der Waals surface area (Å²) in [5, 5.41) is 0.658. The van der Waals surface area contributed by atoms with Gasteiger partial charge in [0.15, 0.2) is 0 Å². The van der Waals surface area contributed by atoms with Gasteiger partial charge in [0.1, 0.15) is 4.32 Å². The summed E-state index contributed by atoms with van der Waals surface area (Å²) in [5.74, 6) is 0.0308. The van der Waals surface area contributed by atoms with E-state index in [2.05, 4.69) is 0 Å².